The molecule has 0 unspecified atom stereocenters. The van der Waals surface area contributed by atoms with Crippen molar-refractivity contribution in [2.24, 2.45) is 0 Å². The second kappa shape index (κ2) is 8.71. The lowest BCUT2D eigenvalue weighted by Gasteiger charge is -2.18. The van der Waals surface area contributed by atoms with Crippen molar-refractivity contribution in [1.29, 1.82) is 0 Å². The monoisotopic (exact) mass is 409 g/mol. The Hall–Kier alpha value is -3.12. The number of phenolic OH excluding ortho intramolecular Hbond substituents is 1. The molecule has 0 fully saturated rings. The summed E-state index contributed by atoms with van der Waals surface area (Å²) in [4.78, 5) is 0. The summed E-state index contributed by atoms with van der Waals surface area (Å²) < 4.78 is 19.5. The van der Waals surface area contributed by atoms with E-state index < -0.39 is 0 Å². The summed E-state index contributed by atoms with van der Waals surface area (Å²) in [7, 11) is 0. The molecular formula is C24H29N2O4+. The number of rotatable bonds is 7. The minimum Gasteiger partial charge on any atom is -0.504 e. The molecule has 0 aliphatic carbocycles. The average Bonchev–Trinajstić information content (AvgIpc) is 3.17. The Balaban J connectivity index is 1.81. The topological polar surface area (TPSA) is 69.5 Å². The first-order valence-corrected chi connectivity index (χ1v) is 10.6. The molecule has 6 heteroatoms. The fraction of sp³-hybridized carbons (Fsp3) is 0.333. The fourth-order valence-electron chi connectivity index (χ4n) is 4.10. The van der Waals surface area contributed by atoms with Gasteiger partial charge in [0.25, 0.3) is 0 Å². The highest BCUT2D eigenvalue weighted by Crippen LogP contribution is 2.39. The van der Waals surface area contributed by atoms with Crippen molar-refractivity contribution in [2.75, 3.05) is 19.8 Å². The molecule has 0 amide bonds. The molecule has 1 aliphatic heterocycles. The number of fused-ring (bicyclic) bond motifs is 3. The van der Waals surface area contributed by atoms with Gasteiger partial charge in [0.1, 0.15) is 6.54 Å². The molecule has 30 heavy (non-hydrogen) atoms. The van der Waals surface area contributed by atoms with Gasteiger partial charge in [-0.1, -0.05) is 6.07 Å². The lowest BCUT2D eigenvalue weighted by Crippen LogP contribution is -2.83. The summed E-state index contributed by atoms with van der Waals surface area (Å²) in [6.45, 7) is 8.27. The van der Waals surface area contributed by atoms with Crippen LogP contribution in [-0.2, 0) is 6.54 Å². The second-order valence-corrected chi connectivity index (χ2v) is 7.14. The number of phenols is 1. The van der Waals surface area contributed by atoms with Gasteiger partial charge in [-0.05, 0) is 51.1 Å². The molecular weight excluding hydrogens is 380 g/mol. The van der Waals surface area contributed by atoms with E-state index in [2.05, 4.69) is 34.3 Å². The first-order valence-electron chi connectivity index (χ1n) is 10.6. The number of quaternary nitrogens is 1. The molecule has 4 rings (SSSR count). The predicted octanol–water partition coefficient (Wildman–Crippen LogP) is 3.55. The molecule has 2 aromatic carbocycles. The van der Waals surface area contributed by atoms with Gasteiger partial charge in [0, 0.05) is 17.8 Å². The van der Waals surface area contributed by atoms with Crippen molar-refractivity contribution in [3.05, 3.63) is 65.5 Å². The van der Waals surface area contributed by atoms with Crippen molar-refractivity contribution in [1.82, 2.24) is 4.57 Å². The van der Waals surface area contributed by atoms with Crippen LogP contribution in [0.1, 0.15) is 43.6 Å². The Morgan fingerprint density at radius 2 is 1.63 bits per heavy atom. The van der Waals surface area contributed by atoms with E-state index in [4.69, 9.17) is 14.2 Å². The largest absolute Gasteiger partial charge is 0.504 e. The van der Waals surface area contributed by atoms with Gasteiger partial charge in [-0.15, -0.1) is 0 Å². The molecule has 1 aliphatic rings. The highest BCUT2D eigenvalue weighted by molar-refractivity contribution is 5.56. The Bertz CT molecular complexity index is 1030. The third kappa shape index (κ3) is 3.59. The number of aromatic hydroxyl groups is 1. The fourth-order valence-corrected chi connectivity index (χ4v) is 4.10. The highest BCUT2D eigenvalue weighted by Gasteiger charge is 2.30. The van der Waals surface area contributed by atoms with Gasteiger partial charge in [0.2, 0.25) is 0 Å². The third-order valence-corrected chi connectivity index (χ3v) is 5.34. The van der Waals surface area contributed by atoms with Crippen LogP contribution in [0.25, 0.3) is 5.69 Å². The molecule has 2 heterocycles. The van der Waals surface area contributed by atoms with E-state index >= 15 is 0 Å². The summed E-state index contributed by atoms with van der Waals surface area (Å²) >= 11 is 0. The normalized spacial score (nSPS) is 15.1. The van der Waals surface area contributed by atoms with Crippen LogP contribution in [0, 0.1) is 0 Å². The summed E-state index contributed by atoms with van der Waals surface area (Å²) in [5.74, 6) is 2.22. The van der Waals surface area contributed by atoms with E-state index in [1.807, 2.05) is 39.0 Å². The van der Waals surface area contributed by atoms with E-state index in [9.17, 15) is 5.11 Å². The molecule has 0 bridgehead atoms. The number of nitrogens with zero attached hydrogens (tertiary/aromatic N) is 1. The van der Waals surface area contributed by atoms with Gasteiger partial charge in [0.15, 0.2) is 29.0 Å². The van der Waals surface area contributed by atoms with Crippen LogP contribution in [0.2, 0.25) is 0 Å². The first kappa shape index (κ1) is 20.2. The Kier molecular flexibility index (Phi) is 5.86. The molecule has 0 saturated carbocycles. The minimum absolute atomic E-state index is 0.0705. The average molecular weight is 410 g/mol. The van der Waals surface area contributed by atoms with E-state index in [0.29, 0.717) is 25.6 Å². The van der Waals surface area contributed by atoms with Crippen molar-refractivity contribution >= 4 is 0 Å². The number of ether oxygens (including phenoxy) is 3. The lowest BCUT2D eigenvalue weighted by atomic mass is 10.0. The number of hydrogen-bond acceptors (Lipinski definition) is 4. The SMILES string of the molecule is CCOc1cc2c(cc1OCC)-n1cccc1[C@@H](c1cccc(OCC)c1O)[NH2+]C2. The van der Waals surface area contributed by atoms with E-state index in [0.717, 1.165) is 40.6 Å². The summed E-state index contributed by atoms with van der Waals surface area (Å²) in [6, 6.07) is 13.9. The quantitative estimate of drug-likeness (QED) is 0.626. The molecule has 0 saturated heterocycles. The van der Waals surface area contributed by atoms with Crippen LogP contribution >= 0.6 is 0 Å². The van der Waals surface area contributed by atoms with Gasteiger partial charge in [-0.3, -0.25) is 0 Å². The van der Waals surface area contributed by atoms with Crippen LogP contribution in [0.15, 0.2) is 48.7 Å². The van der Waals surface area contributed by atoms with E-state index in [-0.39, 0.29) is 11.8 Å². The summed E-state index contributed by atoms with van der Waals surface area (Å²) in [5, 5.41) is 13.1. The molecule has 1 atom stereocenters. The standard InChI is InChI=1S/C24H28N2O4/c1-4-28-20-11-7-9-17(24(20)27)23-18-10-8-12-26(18)19-14-22(30-6-3)21(29-5-2)13-16(19)15-25-23/h7-14,23,25,27H,4-6,15H2,1-3H3/p+1/t23-/m1/s1. The van der Waals surface area contributed by atoms with E-state index in [1.54, 1.807) is 6.07 Å². The van der Waals surface area contributed by atoms with Crippen LogP contribution in [-0.4, -0.2) is 29.5 Å². The number of aromatic nitrogens is 1. The minimum atomic E-state index is -0.0705. The van der Waals surface area contributed by atoms with Crippen LogP contribution in [0.3, 0.4) is 0 Å². The number of benzene rings is 2. The van der Waals surface area contributed by atoms with Gasteiger partial charge >= 0.3 is 0 Å². The molecule has 0 radical (unpaired) electrons. The smallest absolute Gasteiger partial charge is 0.167 e. The highest BCUT2D eigenvalue weighted by atomic mass is 16.5. The summed E-state index contributed by atoms with van der Waals surface area (Å²) in [6.07, 6.45) is 2.06. The van der Waals surface area contributed by atoms with Crippen molar-refractivity contribution in [3.8, 4) is 28.7 Å². The zero-order chi connectivity index (χ0) is 21.1. The first-order chi connectivity index (χ1) is 14.7. The van der Waals surface area contributed by atoms with Gasteiger partial charge < -0.3 is 29.2 Å². The summed E-state index contributed by atoms with van der Waals surface area (Å²) in [5.41, 5.74) is 4.15. The van der Waals surface area contributed by atoms with Crippen LogP contribution < -0.4 is 19.5 Å². The van der Waals surface area contributed by atoms with Crippen molar-refractivity contribution in [3.63, 3.8) is 0 Å². The third-order valence-electron chi connectivity index (χ3n) is 5.34. The molecule has 3 aromatic rings. The number of hydrogen-bond donors (Lipinski definition) is 2. The van der Waals surface area contributed by atoms with Crippen LogP contribution in [0.5, 0.6) is 23.0 Å². The zero-order valence-corrected chi connectivity index (χ0v) is 17.7. The van der Waals surface area contributed by atoms with Crippen LogP contribution in [0.4, 0.5) is 0 Å². The maximum Gasteiger partial charge on any atom is 0.167 e. The molecule has 1 aromatic heterocycles. The van der Waals surface area contributed by atoms with Gasteiger partial charge in [0.05, 0.1) is 36.8 Å². The van der Waals surface area contributed by atoms with E-state index in [1.165, 1.54) is 0 Å². The van der Waals surface area contributed by atoms with Crippen molar-refractivity contribution < 1.29 is 24.6 Å². The molecule has 6 nitrogen and oxygen atoms in total. The molecule has 158 valence electrons. The Morgan fingerprint density at radius 3 is 2.37 bits per heavy atom. The molecule has 0 spiro atoms. The van der Waals surface area contributed by atoms with Gasteiger partial charge in [-0.25, -0.2) is 0 Å². The number of para-hydroxylation sites is 1. The van der Waals surface area contributed by atoms with Crippen molar-refractivity contribution in [2.45, 2.75) is 33.4 Å². The maximum absolute atomic E-state index is 10.9. The zero-order valence-electron chi connectivity index (χ0n) is 17.7. The van der Waals surface area contributed by atoms with Gasteiger partial charge in [-0.2, -0.15) is 0 Å². The maximum atomic E-state index is 10.9. The Morgan fingerprint density at radius 1 is 0.933 bits per heavy atom. The number of nitrogens with two attached hydrogens (primary N) is 1. The molecule has 3 N–H and O–H groups in total. The second-order valence-electron chi connectivity index (χ2n) is 7.14. The predicted molar refractivity (Wildman–Crippen MR) is 115 cm³/mol. The Labute approximate surface area is 177 Å². The lowest BCUT2D eigenvalue weighted by molar-refractivity contribution is -0.702.